The Labute approximate surface area is 110 Å². The van der Waals surface area contributed by atoms with Gasteiger partial charge >= 0.3 is 0 Å². The van der Waals surface area contributed by atoms with Gasteiger partial charge in [0.2, 0.25) is 0 Å². The summed E-state index contributed by atoms with van der Waals surface area (Å²) in [6.45, 7) is 6.07. The number of hydrogen-bond donors (Lipinski definition) is 2. The molecule has 2 N–H and O–H groups in total. The van der Waals surface area contributed by atoms with Crippen molar-refractivity contribution in [1.29, 1.82) is 0 Å². The molecule has 2 rings (SSSR count). The lowest BCUT2D eigenvalue weighted by molar-refractivity contribution is 0.103. The van der Waals surface area contributed by atoms with E-state index in [1.54, 1.807) is 0 Å². The van der Waals surface area contributed by atoms with Crippen LogP contribution in [0.4, 0.5) is 5.69 Å². The first-order chi connectivity index (χ1) is 8.61. The van der Waals surface area contributed by atoms with Crippen molar-refractivity contribution in [2.24, 2.45) is 5.92 Å². The molecular formula is C15H24N2O. The molecule has 1 aliphatic heterocycles. The molecule has 0 amide bonds. The average molecular weight is 248 g/mol. The number of aliphatic hydroxyl groups excluding tert-OH is 1. The third-order valence-corrected chi connectivity index (χ3v) is 4.11. The van der Waals surface area contributed by atoms with Gasteiger partial charge in [0.05, 0.1) is 6.10 Å². The summed E-state index contributed by atoms with van der Waals surface area (Å²) < 4.78 is 0. The zero-order valence-electron chi connectivity index (χ0n) is 11.6. The lowest BCUT2D eigenvalue weighted by Crippen LogP contribution is -2.42. The predicted octanol–water partition coefficient (Wildman–Crippen LogP) is 2.17. The van der Waals surface area contributed by atoms with Gasteiger partial charge in [-0.05, 0) is 44.0 Å². The van der Waals surface area contributed by atoms with E-state index in [2.05, 4.69) is 48.3 Å². The second-order valence-corrected chi connectivity index (χ2v) is 5.38. The molecule has 100 valence electrons. The molecule has 0 bridgehead atoms. The number of piperidine rings is 1. The predicted molar refractivity (Wildman–Crippen MR) is 75.9 cm³/mol. The monoisotopic (exact) mass is 248 g/mol. The van der Waals surface area contributed by atoms with Crippen LogP contribution in [-0.2, 0) is 0 Å². The van der Waals surface area contributed by atoms with Gasteiger partial charge in [0.1, 0.15) is 0 Å². The second-order valence-electron chi connectivity index (χ2n) is 5.38. The van der Waals surface area contributed by atoms with Crippen LogP contribution in [0.2, 0.25) is 0 Å². The first-order valence-electron chi connectivity index (χ1n) is 6.82. The Morgan fingerprint density at radius 2 is 2.00 bits per heavy atom. The van der Waals surface area contributed by atoms with Gasteiger partial charge in [0.15, 0.2) is 0 Å². The van der Waals surface area contributed by atoms with Gasteiger partial charge < -0.3 is 15.3 Å². The van der Waals surface area contributed by atoms with Crippen LogP contribution in [-0.4, -0.2) is 31.3 Å². The van der Waals surface area contributed by atoms with Crippen molar-refractivity contribution in [3.63, 3.8) is 0 Å². The van der Waals surface area contributed by atoms with Crippen LogP contribution in [0.25, 0.3) is 0 Å². The summed E-state index contributed by atoms with van der Waals surface area (Å²) in [6.07, 6.45) is 0.866. The summed E-state index contributed by atoms with van der Waals surface area (Å²) in [4.78, 5) is 2.28. The van der Waals surface area contributed by atoms with Crippen molar-refractivity contribution in [3.8, 4) is 0 Å². The van der Waals surface area contributed by atoms with Crippen LogP contribution in [0.15, 0.2) is 24.3 Å². The minimum absolute atomic E-state index is 0.199. The maximum Gasteiger partial charge on any atom is 0.0741 e. The van der Waals surface area contributed by atoms with Gasteiger partial charge in [-0.15, -0.1) is 0 Å². The molecule has 0 radical (unpaired) electrons. The van der Waals surface area contributed by atoms with Crippen LogP contribution < -0.4 is 10.2 Å². The van der Waals surface area contributed by atoms with E-state index in [0.717, 1.165) is 19.5 Å². The van der Waals surface area contributed by atoms with E-state index in [1.165, 1.54) is 11.3 Å². The zero-order valence-corrected chi connectivity index (χ0v) is 11.6. The number of hydrogen-bond acceptors (Lipinski definition) is 3. The van der Waals surface area contributed by atoms with Crippen molar-refractivity contribution in [2.75, 3.05) is 25.0 Å². The number of anilines is 1. The largest absolute Gasteiger partial charge is 0.391 e. The molecule has 3 heteroatoms. The Hall–Kier alpha value is -1.06. The van der Waals surface area contributed by atoms with E-state index >= 15 is 0 Å². The van der Waals surface area contributed by atoms with Crippen LogP contribution >= 0.6 is 0 Å². The summed E-state index contributed by atoms with van der Waals surface area (Å²) in [5.41, 5.74) is 2.51. The molecular weight excluding hydrogens is 224 g/mol. The van der Waals surface area contributed by atoms with Crippen LogP contribution in [0, 0.1) is 5.92 Å². The van der Waals surface area contributed by atoms with E-state index in [0.29, 0.717) is 12.0 Å². The summed E-state index contributed by atoms with van der Waals surface area (Å²) in [5.74, 6) is 0.421. The first kappa shape index (κ1) is 13.4. The van der Waals surface area contributed by atoms with Crippen molar-refractivity contribution < 1.29 is 5.11 Å². The van der Waals surface area contributed by atoms with Gasteiger partial charge in [-0.2, -0.15) is 0 Å². The molecule has 1 heterocycles. The third-order valence-electron chi connectivity index (χ3n) is 4.11. The highest BCUT2D eigenvalue weighted by atomic mass is 16.3. The van der Waals surface area contributed by atoms with Crippen molar-refractivity contribution in [2.45, 2.75) is 32.4 Å². The number of benzene rings is 1. The van der Waals surface area contributed by atoms with Gasteiger partial charge in [-0.25, -0.2) is 0 Å². The SMILES string of the molecule is CNC(C)c1ccc(N2CCC(C)C(O)C2)cc1. The molecule has 3 unspecified atom stereocenters. The Morgan fingerprint density at radius 3 is 2.56 bits per heavy atom. The topological polar surface area (TPSA) is 35.5 Å². The highest BCUT2D eigenvalue weighted by Crippen LogP contribution is 2.24. The van der Waals surface area contributed by atoms with E-state index in [1.807, 2.05) is 7.05 Å². The minimum atomic E-state index is -0.199. The number of aliphatic hydroxyl groups is 1. The fraction of sp³-hybridized carbons (Fsp3) is 0.600. The van der Waals surface area contributed by atoms with Crippen molar-refractivity contribution in [1.82, 2.24) is 5.32 Å². The number of nitrogens with zero attached hydrogens (tertiary/aromatic N) is 1. The van der Waals surface area contributed by atoms with E-state index < -0.39 is 0 Å². The van der Waals surface area contributed by atoms with Crippen LogP contribution in [0.1, 0.15) is 31.9 Å². The number of rotatable bonds is 3. The summed E-state index contributed by atoms with van der Waals surface area (Å²) in [6, 6.07) is 9.03. The minimum Gasteiger partial charge on any atom is -0.391 e. The fourth-order valence-electron chi connectivity index (χ4n) is 2.42. The molecule has 0 spiro atoms. The Kier molecular flexibility index (Phi) is 4.25. The van der Waals surface area contributed by atoms with E-state index in [-0.39, 0.29) is 6.10 Å². The number of β-amino-alcohol motifs (C(OH)–C–C–N with tert-alkyl or cyclic N) is 1. The van der Waals surface area contributed by atoms with Gasteiger partial charge in [-0.3, -0.25) is 0 Å². The smallest absolute Gasteiger partial charge is 0.0741 e. The lowest BCUT2D eigenvalue weighted by Gasteiger charge is -2.36. The van der Waals surface area contributed by atoms with Crippen molar-refractivity contribution in [3.05, 3.63) is 29.8 Å². The van der Waals surface area contributed by atoms with Crippen LogP contribution in [0.3, 0.4) is 0 Å². The van der Waals surface area contributed by atoms with Crippen molar-refractivity contribution >= 4 is 5.69 Å². The molecule has 18 heavy (non-hydrogen) atoms. The van der Waals surface area contributed by atoms with E-state index in [4.69, 9.17) is 0 Å². The highest BCUT2D eigenvalue weighted by molar-refractivity contribution is 5.48. The molecule has 3 atom stereocenters. The van der Waals surface area contributed by atoms with E-state index in [9.17, 15) is 5.11 Å². The number of nitrogens with one attached hydrogen (secondary N) is 1. The normalized spacial score (nSPS) is 26.1. The molecule has 1 aliphatic rings. The lowest BCUT2D eigenvalue weighted by atomic mass is 9.95. The summed E-state index contributed by atoms with van der Waals surface area (Å²) in [7, 11) is 1.97. The average Bonchev–Trinajstić information content (AvgIpc) is 2.41. The van der Waals surface area contributed by atoms with Gasteiger partial charge in [-0.1, -0.05) is 19.1 Å². The quantitative estimate of drug-likeness (QED) is 0.860. The molecule has 0 saturated carbocycles. The molecule has 0 aromatic heterocycles. The van der Waals surface area contributed by atoms with Crippen LogP contribution in [0.5, 0.6) is 0 Å². The summed E-state index contributed by atoms with van der Waals surface area (Å²) >= 11 is 0. The standard InChI is InChI=1S/C15H24N2O/c1-11-8-9-17(10-15(11)18)14-6-4-13(5-7-14)12(2)16-3/h4-7,11-12,15-16,18H,8-10H2,1-3H3. The Balaban J connectivity index is 2.06. The third kappa shape index (κ3) is 2.85. The van der Waals surface area contributed by atoms with Gasteiger partial charge in [0.25, 0.3) is 0 Å². The van der Waals surface area contributed by atoms with Gasteiger partial charge in [0, 0.05) is 24.8 Å². The molecule has 1 saturated heterocycles. The molecule has 1 fully saturated rings. The maximum atomic E-state index is 9.94. The summed E-state index contributed by atoms with van der Waals surface area (Å²) in [5, 5.41) is 13.2. The highest BCUT2D eigenvalue weighted by Gasteiger charge is 2.24. The fourth-order valence-corrected chi connectivity index (χ4v) is 2.42. The zero-order chi connectivity index (χ0) is 13.1. The molecule has 1 aromatic rings. The molecule has 0 aliphatic carbocycles. The maximum absolute atomic E-state index is 9.94. The first-order valence-corrected chi connectivity index (χ1v) is 6.82. The Morgan fingerprint density at radius 1 is 1.33 bits per heavy atom. The molecule has 3 nitrogen and oxygen atoms in total. The second kappa shape index (κ2) is 5.72. The molecule has 1 aromatic carbocycles. The Bertz CT molecular complexity index is 377.